The number of nitrogen functional groups attached to an aromatic ring is 1. The number of halogens is 1. The topological polar surface area (TPSA) is 64.1 Å². The van der Waals surface area contributed by atoms with Crippen molar-refractivity contribution in [3.63, 3.8) is 0 Å². The Labute approximate surface area is 127 Å². The summed E-state index contributed by atoms with van der Waals surface area (Å²) in [6, 6.07) is 11.1. The predicted molar refractivity (Wildman–Crippen MR) is 86.6 cm³/mol. The summed E-state index contributed by atoms with van der Waals surface area (Å²) in [5.41, 5.74) is 8.69. The van der Waals surface area contributed by atoms with E-state index in [-0.39, 0.29) is 11.8 Å². The molecule has 0 fully saturated rings. The minimum absolute atomic E-state index is 0.0629. The van der Waals surface area contributed by atoms with Gasteiger partial charge in [0.1, 0.15) is 11.6 Å². The SMILES string of the molecule is CC(C)n1c(-c2ccc(N)c(O)c2)nc2cc(Cl)ccc21. The first kappa shape index (κ1) is 13.8. The molecule has 0 radical (unpaired) electrons. The van der Waals surface area contributed by atoms with Crippen molar-refractivity contribution in [2.75, 3.05) is 5.73 Å². The van der Waals surface area contributed by atoms with Crippen molar-refractivity contribution in [3.8, 4) is 17.1 Å². The van der Waals surface area contributed by atoms with Gasteiger partial charge in [0.15, 0.2) is 0 Å². The molecule has 0 amide bonds. The highest BCUT2D eigenvalue weighted by Crippen LogP contribution is 2.32. The van der Waals surface area contributed by atoms with Crippen molar-refractivity contribution in [2.24, 2.45) is 0 Å². The van der Waals surface area contributed by atoms with Crippen LogP contribution in [-0.2, 0) is 0 Å². The molecule has 0 unspecified atom stereocenters. The number of fused-ring (bicyclic) bond motifs is 1. The van der Waals surface area contributed by atoms with E-state index < -0.39 is 0 Å². The molecule has 0 aliphatic rings. The molecule has 3 N–H and O–H groups in total. The van der Waals surface area contributed by atoms with Gasteiger partial charge in [-0.2, -0.15) is 0 Å². The van der Waals surface area contributed by atoms with Crippen molar-refractivity contribution in [1.29, 1.82) is 0 Å². The van der Waals surface area contributed by atoms with Crippen LogP contribution in [0.3, 0.4) is 0 Å². The maximum atomic E-state index is 9.83. The van der Waals surface area contributed by atoms with Gasteiger partial charge in [-0.05, 0) is 50.2 Å². The first-order chi connectivity index (χ1) is 9.97. The number of phenolic OH excluding ortho intramolecular Hbond substituents is 1. The number of nitrogens with zero attached hydrogens (tertiary/aromatic N) is 2. The summed E-state index contributed by atoms with van der Waals surface area (Å²) in [7, 11) is 0. The lowest BCUT2D eigenvalue weighted by molar-refractivity contribution is 0.478. The Morgan fingerprint density at radius 3 is 2.62 bits per heavy atom. The highest BCUT2D eigenvalue weighted by Gasteiger charge is 2.16. The van der Waals surface area contributed by atoms with Gasteiger partial charge in [0.25, 0.3) is 0 Å². The number of benzene rings is 2. The van der Waals surface area contributed by atoms with Gasteiger partial charge in [0.2, 0.25) is 0 Å². The molecular formula is C16H16ClN3O. The summed E-state index contributed by atoms with van der Waals surface area (Å²) < 4.78 is 2.12. The van der Waals surface area contributed by atoms with Crippen LogP contribution in [0.15, 0.2) is 36.4 Å². The second kappa shape index (κ2) is 4.97. The summed E-state index contributed by atoms with van der Waals surface area (Å²) in [5, 5.41) is 10.5. The molecule has 108 valence electrons. The second-order valence-electron chi connectivity index (χ2n) is 5.31. The number of aromatic hydroxyl groups is 1. The summed E-state index contributed by atoms with van der Waals surface area (Å²) in [5.74, 6) is 0.852. The third-order valence-electron chi connectivity index (χ3n) is 3.46. The van der Waals surface area contributed by atoms with Gasteiger partial charge in [0.05, 0.1) is 16.7 Å². The van der Waals surface area contributed by atoms with Gasteiger partial charge in [0, 0.05) is 16.6 Å². The Hall–Kier alpha value is -2.20. The van der Waals surface area contributed by atoms with Gasteiger partial charge < -0.3 is 15.4 Å². The Balaban J connectivity index is 2.30. The summed E-state index contributed by atoms with van der Waals surface area (Å²) in [6.45, 7) is 4.19. The monoisotopic (exact) mass is 301 g/mol. The molecule has 0 saturated carbocycles. The minimum atomic E-state index is 0.0629. The lowest BCUT2D eigenvalue weighted by Gasteiger charge is -2.13. The number of imidazole rings is 1. The predicted octanol–water partition coefficient (Wildman–Crippen LogP) is 4.23. The van der Waals surface area contributed by atoms with E-state index in [1.54, 1.807) is 12.1 Å². The van der Waals surface area contributed by atoms with Gasteiger partial charge in [-0.3, -0.25) is 0 Å². The molecule has 3 rings (SSSR count). The quantitative estimate of drug-likeness (QED) is 0.550. The lowest BCUT2D eigenvalue weighted by atomic mass is 10.1. The third kappa shape index (κ3) is 2.32. The standard InChI is InChI=1S/C16H16ClN3O/c1-9(2)20-14-6-4-11(17)8-13(14)19-16(20)10-3-5-12(18)15(21)7-10/h3-9,21H,18H2,1-2H3. The van der Waals surface area contributed by atoms with Gasteiger partial charge in [-0.15, -0.1) is 0 Å². The van der Waals surface area contributed by atoms with Crippen molar-refractivity contribution < 1.29 is 5.11 Å². The first-order valence-corrected chi connectivity index (χ1v) is 7.11. The Kier molecular flexibility index (Phi) is 3.26. The Morgan fingerprint density at radius 1 is 1.19 bits per heavy atom. The number of anilines is 1. The smallest absolute Gasteiger partial charge is 0.141 e. The van der Waals surface area contributed by atoms with E-state index in [1.165, 1.54) is 0 Å². The van der Waals surface area contributed by atoms with Crippen LogP contribution in [0.2, 0.25) is 5.02 Å². The van der Waals surface area contributed by atoms with Crippen LogP contribution in [0.4, 0.5) is 5.69 Å². The fourth-order valence-electron chi connectivity index (χ4n) is 2.48. The second-order valence-corrected chi connectivity index (χ2v) is 5.74. The van der Waals surface area contributed by atoms with Crippen LogP contribution in [0, 0.1) is 0 Å². The zero-order valence-corrected chi connectivity index (χ0v) is 12.6. The fourth-order valence-corrected chi connectivity index (χ4v) is 2.65. The van der Waals surface area contributed by atoms with Crippen LogP contribution in [0.1, 0.15) is 19.9 Å². The number of hydrogen-bond acceptors (Lipinski definition) is 3. The lowest BCUT2D eigenvalue weighted by Crippen LogP contribution is -2.03. The maximum absolute atomic E-state index is 9.83. The van der Waals surface area contributed by atoms with Gasteiger partial charge >= 0.3 is 0 Å². The molecular weight excluding hydrogens is 286 g/mol. The van der Waals surface area contributed by atoms with E-state index in [4.69, 9.17) is 17.3 Å². The molecule has 0 aliphatic heterocycles. The molecule has 1 aromatic heterocycles. The highest BCUT2D eigenvalue weighted by atomic mass is 35.5. The molecule has 3 aromatic rings. The minimum Gasteiger partial charge on any atom is -0.506 e. The normalized spacial score (nSPS) is 11.4. The molecule has 0 bridgehead atoms. The number of aromatic nitrogens is 2. The largest absolute Gasteiger partial charge is 0.506 e. The van der Waals surface area contributed by atoms with E-state index in [1.807, 2.05) is 24.3 Å². The van der Waals surface area contributed by atoms with Crippen LogP contribution in [0.25, 0.3) is 22.4 Å². The zero-order chi connectivity index (χ0) is 15.1. The summed E-state index contributed by atoms with van der Waals surface area (Å²) in [4.78, 5) is 4.66. The van der Waals surface area contributed by atoms with Crippen molar-refractivity contribution in [1.82, 2.24) is 9.55 Å². The number of nitrogens with two attached hydrogens (primary N) is 1. The average molecular weight is 302 g/mol. The van der Waals surface area contributed by atoms with Crippen LogP contribution in [0.5, 0.6) is 5.75 Å². The van der Waals surface area contributed by atoms with Crippen LogP contribution >= 0.6 is 11.6 Å². The van der Waals surface area contributed by atoms with Gasteiger partial charge in [-0.1, -0.05) is 11.6 Å². The third-order valence-corrected chi connectivity index (χ3v) is 3.69. The number of phenols is 1. The molecule has 21 heavy (non-hydrogen) atoms. The van der Waals surface area contributed by atoms with Crippen molar-refractivity contribution in [2.45, 2.75) is 19.9 Å². The Bertz CT molecular complexity index is 824. The molecule has 2 aromatic carbocycles. The van der Waals surface area contributed by atoms with Crippen molar-refractivity contribution in [3.05, 3.63) is 41.4 Å². The number of rotatable bonds is 2. The molecule has 0 aliphatic carbocycles. The fraction of sp³-hybridized carbons (Fsp3) is 0.188. The van der Waals surface area contributed by atoms with E-state index in [2.05, 4.69) is 23.4 Å². The molecule has 1 heterocycles. The van der Waals surface area contributed by atoms with E-state index in [0.717, 1.165) is 22.4 Å². The molecule has 0 atom stereocenters. The van der Waals surface area contributed by atoms with Crippen LogP contribution in [-0.4, -0.2) is 14.7 Å². The van der Waals surface area contributed by atoms with E-state index in [9.17, 15) is 5.11 Å². The van der Waals surface area contributed by atoms with E-state index >= 15 is 0 Å². The average Bonchev–Trinajstić information content (AvgIpc) is 2.80. The number of hydrogen-bond donors (Lipinski definition) is 2. The Morgan fingerprint density at radius 2 is 1.95 bits per heavy atom. The molecule has 5 heteroatoms. The highest BCUT2D eigenvalue weighted by molar-refractivity contribution is 6.31. The maximum Gasteiger partial charge on any atom is 0.141 e. The molecule has 0 saturated heterocycles. The molecule has 4 nitrogen and oxygen atoms in total. The first-order valence-electron chi connectivity index (χ1n) is 6.73. The van der Waals surface area contributed by atoms with Crippen LogP contribution < -0.4 is 5.73 Å². The summed E-state index contributed by atoms with van der Waals surface area (Å²) in [6.07, 6.45) is 0. The molecule has 0 spiro atoms. The van der Waals surface area contributed by atoms with E-state index in [0.29, 0.717) is 10.7 Å². The zero-order valence-electron chi connectivity index (χ0n) is 11.8. The van der Waals surface area contributed by atoms with Gasteiger partial charge in [-0.25, -0.2) is 4.98 Å². The van der Waals surface area contributed by atoms with Crippen molar-refractivity contribution >= 4 is 28.3 Å². The summed E-state index contributed by atoms with van der Waals surface area (Å²) >= 11 is 6.05.